The van der Waals surface area contributed by atoms with Crippen LogP contribution in [-0.4, -0.2) is 56.0 Å². The first-order valence-electron chi connectivity index (χ1n) is 13.9. The number of carbonyl (C=O) groups excluding carboxylic acids is 1. The van der Waals surface area contributed by atoms with Crippen LogP contribution in [0.5, 0.6) is 0 Å². The summed E-state index contributed by atoms with van der Waals surface area (Å²) in [6.07, 6.45) is -0.121. The second kappa shape index (κ2) is 12.7. The molecule has 1 fully saturated rings. The first-order chi connectivity index (χ1) is 20.6. The number of H-pyrrole nitrogens is 1. The summed E-state index contributed by atoms with van der Waals surface area (Å²) in [4.78, 5) is 35.9. The zero-order valence-electron chi connectivity index (χ0n) is 23.5. The number of piperidine rings is 1. The van der Waals surface area contributed by atoms with Crippen molar-refractivity contribution >= 4 is 17.7 Å². The maximum atomic E-state index is 13.8. The van der Waals surface area contributed by atoms with E-state index < -0.39 is 23.8 Å². The number of aromatic carboxylic acids is 1. The summed E-state index contributed by atoms with van der Waals surface area (Å²) in [7, 11) is 0. The van der Waals surface area contributed by atoms with Crippen LogP contribution in [0.2, 0.25) is 0 Å². The minimum absolute atomic E-state index is 0.120. The number of nitrogens with one attached hydrogen (secondary N) is 2. The molecule has 1 unspecified atom stereocenters. The molecule has 2 amide bonds. The van der Waals surface area contributed by atoms with Crippen LogP contribution in [0.15, 0.2) is 85.3 Å². The van der Waals surface area contributed by atoms with Gasteiger partial charge in [-0.2, -0.15) is 13.2 Å². The van der Waals surface area contributed by atoms with Gasteiger partial charge in [0.1, 0.15) is 0 Å². The van der Waals surface area contributed by atoms with Gasteiger partial charge in [-0.1, -0.05) is 42.5 Å². The van der Waals surface area contributed by atoms with Crippen molar-refractivity contribution in [2.75, 3.05) is 18.4 Å². The summed E-state index contributed by atoms with van der Waals surface area (Å²) in [5.41, 5.74) is 2.27. The van der Waals surface area contributed by atoms with E-state index in [1.54, 1.807) is 29.3 Å². The van der Waals surface area contributed by atoms with E-state index in [0.717, 1.165) is 5.56 Å². The topological polar surface area (TPSA) is 102 Å². The maximum absolute atomic E-state index is 13.8. The van der Waals surface area contributed by atoms with Crippen molar-refractivity contribution in [1.82, 2.24) is 19.8 Å². The number of urea groups is 1. The number of alkyl halides is 3. The Kier molecular flexibility index (Phi) is 8.81. The highest BCUT2D eigenvalue weighted by atomic mass is 19.4. The Morgan fingerprint density at radius 1 is 1.07 bits per heavy atom. The van der Waals surface area contributed by atoms with Gasteiger partial charge in [-0.25, -0.2) is 14.6 Å². The van der Waals surface area contributed by atoms with Gasteiger partial charge in [-0.3, -0.25) is 4.90 Å². The van der Waals surface area contributed by atoms with Gasteiger partial charge in [-0.15, -0.1) is 0 Å². The fourth-order valence-electron chi connectivity index (χ4n) is 5.61. The molecule has 11 heteroatoms. The van der Waals surface area contributed by atoms with E-state index in [9.17, 15) is 27.9 Å². The Morgan fingerprint density at radius 3 is 2.37 bits per heavy atom. The van der Waals surface area contributed by atoms with Gasteiger partial charge in [0, 0.05) is 37.6 Å². The monoisotopic (exact) mass is 591 g/mol. The molecule has 0 bridgehead atoms. The molecule has 0 radical (unpaired) electrons. The molecule has 8 nitrogen and oxygen atoms in total. The molecule has 1 aliphatic heterocycles. The van der Waals surface area contributed by atoms with Gasteiger partial charge in [0.25, 0.3) is 0 Å². The number of aromatic amines is 1. The zero-order chi connectivity index (χ0) is 30.6. The van der Waals surface area contributed by atoms with Crippen LogP contribution >= 0.6 is 0 Å². The van der Waals surface area contributed by atoms with Crippen LogP contribution < -0.4 is 5.32 Å². The van der Waals surface area contributed by atoms with E-state index in [-0.39, 0.29) is 23.2 Å². The Bertz CT molecular complexity index is 1530. The van der Waals surface area contributed by atoms with Crippen molar-refractivity contribution in [2.24, 2.45) is 0 Å². The second-order valence-electron chi connectivity index (χ2n) is 10.7. The first kappa shape index (κ1) is 29.8. The molecule has 0 saturated carbocycles. The molecular weight excluding hydrogens is 559 g/mol. The third-order valence-corrected chi connectivity index (χ3v) is 7.84. The fourth-order valence-corrected chi connectivity index (χ4v) is 5.61. The summed E-state index contributed by atoms with van der Waals surface area (Å²) >= 11 is 0. The van der Waals surface area contributed by atoms with E-state index >= 15 is 0 Å². The summed E-state index contributed by atoms with van der Waals surface area (Å²) in [6, 6.07) is 19.1. The van der Waals surface area contributed by atoms with Crippen molar-refractivity contribution in [1.29, 1.82) is 0 Å². The van der Waals surface area contributed by atoms with Gasteiger partial charge in [0.2, 0.25) is 0 Å². The number of amides is 2. The molecule has 2 heterocycles. The van der Waals surface area contributed by atoms with Gasteiger partial charge >= 0.3 is 18.2 Å². The summed E-state index contributed by atoms with van der Waals surface area (Å²) in [5, 5.41) is 12.1. The predicted molar refractivity (Wildman–Crippen MR) is 156 cm³/mol. The molecule has 4 aromatic rings. The molecule has 1 aromatic heterocycles. The third kappa shape index (κ3) is 7.06. The van der Waals surface area contributed by atoms with Gasteiger partial charge < -0.3 is 20.3 Å². The Morgan fingerprint density at radius 2 is 1.77 bits per heavy atom. The highest BCUT2D eigenvalue weighted by molar-refractivity contribution is 5.91. The quantitative estimate of drug-likeness (QED) is 0.211. The Balaban J connectivity index is 1.36. The van der Waals surface area contributed by atoms with Crippen LogP contribution in [0.3, 0.4) is 0 Å². The molecule has 1 aliphatic rings. The van der Waals surface area contributed by atoms with Crippen molar-refractivity contribution in [3.05, 3.63) is 119 Å². The zero-order valence-corrected chi connectivity index (χ0v) is 23.5. The average Bonchev–Trinajstić information content (AvgIpc) is 3.52. The van der Waals surface area contributed by atoms with Crippen LogP contribution in [0.4, 0.5) is 23.7 Å². The lowest BCUT2D eigenvalue weighted by Gasteiger charge is -2.41. The Labute approximate surface area is 247 Å². The van der Waals surface area contributed by atoms with Gasteiger partial charge in [0.15, 0.2) is 0 Å². The number of halogens is 3. The number of likely N-dealkylation sites (tertiary alicyclic amines) is 1. The smallest absolute Gasteiger partial charge is 0.416 e. The lowest BCUT2D eigenvalue weighted by atomic mass is 9.94. The first-order valence-corrected chi connectivity index (χ1v) is 13.9. The number of hydrogen-bond donors (Lipinski definition) is 3. The van der Waals surface area contributed by atoms with E-state index in [0.29, 0.717) is 49.4 Å². The molecule has 1 saturated heterocycles. The molecule has 5 rings (SSSR count). The summed E-state index contributed by atoms with van der Waals surface area (Å²) < 4.78 is 41.3. The largest absolute Gasteiger partial charge is 0.478 e. The normalized spacial score (nSPS) is 15.2. The highest BCUT2D eigenvalue weighted by Gasteiger charge is 2.36. The molecule has 3 aromatic carbocycles. The van der Waals surface area contributed by atoms with Crippen LogP contribution in [0.1, 0.15) is 57.2 Å². The number of carbonyl (C=O) groups is 2. The molecule has 224 valence electrons. The molecule has 43 heavy (non-hydrogen) atoms. The maximum Gasteiger partial charge on any atom is 0.416 e. The number of aryl methyl sites for hydroxylation is 1. The predicted octanol–water partition coefficient (Wildman–Crippen LogP) is 6.72. The van der Waals surface area contributed by atoms with E-state index in [1.807, 2.05) is 30.3 Å². The van der Waals surface area contributed by atoms with Gasteiger partial charge in [-0.05, 0) is 66.8 Å². The molecule has 0 spiro atoms. The number of aromatic nitrogens is 2. The molecular formula is C32H32F3N5O3. The minimum Gasteiger partial charge on any atom is -0.478 e. The lowest BCUT2D eigenvalue weighted by Crippen LogP contribution is -2.49. The number of imidazole rings is 1. The SMILES string of the molecule is Cc1ccc(C(c2cnc[nH]2)N2CCC(N(Cc3ccccc3)C(=O)Nc3ccc(C(=O)O)cc3)CC2)cc1C(F)(F)F. The van der Waals surface area contributed by atoms with Crippen molar-refractivity contribution in [3.63, 3.8) is 0 Å². The number of rotatable bonds is 8. The average molecular weight is 592 g/mol. The van der Waals surface area contributed by atoms with Gasteiger partial charge in [0.05, 0.1) is 29.2 Å². The van der Waals surface area contributed by atoms with Crippen LogP contribution in [-0.2, 0) is 12.7 Å². The number of benzene rings is 3. The Hall–Kier alpha value is -4.64. The van der Waals surface area contributed by atoms with Crippen molar-refractivity contribution < 1.29 is 27.9 Å². The number of hydrogen-bond acceptors (Lipinski definition) is 4. The highest BCUT2D eigenvalue weighted by Crippen LogP contribution is 2.37. The summed E-state index contributed by atoms with van der Waals surface area (Å²) in [5.74, 6) is -1.05. The third-order valence-electron chi connectivity index (χ3n) is 7.84. The number of nitrogens with zero attached hydrogens (tertiary/aromatic N) is 3. The van der Waals surface area contributed by atoms with E-state index in [4.69, 9.17) is 0 Å². The van der Waals surface area contributed by atoms with E-state index in [2.05, 4.69) is 20.2 Å². The lowest BCUT2D eigenvalue weighted by molar-refractivity contribution is -0.138. The second-order valence-corrected chi connectivity index (χ2v) is 10.7. The molecule has 3 N–H and O–H groups in total. The standard InChI is InChI=1S/C32H32F3N5O3/c1-21-7-8-24(17-27(21)32(33,34)35)29(28-18-36-20-37-28)39-15-13-26(14-16-39)40(19-22-5-3-2-4-6-22)31(43)38-25-11-9-23(10-12-25)30(41)42/h2-12,17-18,20,26,29H,13-16,19H2,1H3,(H,36,37)(H,38,43)(H,41,42). The number of anilines is 1. The number of carboxylic acids is 1. The van der Waals surface area contributed by atoms with E-state index in [1.165, 1.54) is 37.5 Å². The van der Waals surface area contributed by atoms with Crippen LogP contribution in [0.25, 0.3) is 0 Å². The molecule has 1 atom stereocenters. The van der Waals surface area contributed by atoms with Crippen molar-refractivity contribution in [2.45, 2.75) is 44.6 Å². The molecule has 0 aliphatic carbocycles. The summed E-state index contributed by atoms with van der Waals surface area (Å²) in [6.45, 7) is 2.89. The minimum atomic E-state index is -4.47. The van der Waals surface area contributed by atoms with Crippen LogP contribution in [0, 0.1) is 6.92 Å². The number of carboxylic acid groups (broad SMARTS) is 1. The fraction of sp³-hybridized carbons (Fsp3) is 0.281. The van der Waals surface area contributed by atoms with Crippen molar-refractivity contribution in [3.8, 4) is 0 Å².